The molecule has 20 heavy (non-hydrogen) atoms. The Morgan fingerprint density at radius 3 is 2.65 bits per heavy atom. The van der Waals surface area contributed by atoms with Gasteiger partial charge >= 0.3 is 0 Å². The minimum atomic E-state index is 0.236. The molecule has 1 aromatic rings. The maximum absolute atomic E-state index is 5.98. The van der Waals surface area contributed by atoms with Crippen LogP contribution in [0.15, 0.2) is 30.4 Å². The van der Waals surface area contributed by atoms with E-state index in [9.17, 15) is 0 Å². The van der Waals surface area contributed by atoms with Crippen molar-refractivity contribution >= 4 is 0 Å². The van der Waals surface area contributed by atoms with Gasteiger partial charge in [-0.1, -0.05) is 32.1 Å². The lowest BCUT2D eigenvalue weighted by Crippen LogP contribution is -2.43. The normalized spacial score (nSPS) is 22.1. The van der Waals surface area contributed by atoms with E-state index in [-0.39, 0.29) is 6.10 Å². The summed E-state index contributed by atoms with van der Waals surface area (Å²) in [4.78, 5) is 0. The van der Waals surface area contributed by atoms with Gasteiger partial charge in [0.2, 0.25) is 0 Å². The highest BCUT2D eigenvalue weighted by molar-refractivity contribution is 5.43. The monoisotopic (exact) mass is 275 g/mol. The molecule has 0 unspecified atom stereocenters. The molecule has 2 N–H and O–H groups in total. The Labute approximate surface area is 121 Å². The first-order chi connectivity index (χ1) is 9.58. The number of hydrogen-bond donors (Lipinski definition) is 1. The van der Waals surface area contributed by atoms with Gasteiger partial charge in [0, 0.05) is 6.04 Å². The molecule has 1 saturated carbocycles. The Bertz CT molecular complexity index is 462. The molecular formula is C17H25NO2. The summed E-state index contributed by atoms with van der Waals surface area (Å²) in [6.07, 6.45) is 7.44. The first-order valence-electron chi connectivity index (χ1n) is 7.34. The summed E-state index contributed by atoms with van der Waals surface area (Å²) in [7, 11) is 1.67. The summed E-state index contributed by atoms with van der Waals surface area (Å²) >= 11 is 0. The van der Waals surface area contributed by atoms with Gasteiger partial charge in [0.25, 0.3) is 0 Å². The highest BCUT2D eigenvalue weighted by Gasteiger charge is 2.28. The van der Waals surface area contributed by atoms with Gasteiger partial charge in [-0.25, -0.2) is 0 Å². The van der Waals surface area contributed by atoms with Crippen LogP contribution >= 0.6 is 0 Å². The molecule has 2 rings (SSSR count). The van der Waals surface area contributed by atoms with Gasteiger partial charge in [-0.15, -0.1) is 0 Å². The predicted octanol–water partition coefficient (Wildman–Crippen LogP) is 3.32. The standard InChI is InChI=1S/C17H25NO2/c1-12(2)5-4-6-13-7-8-16(19-3)17(9-13)20-15-10-14(18)11-15/h4-5,7-9,12,14-15H,6,10-11,18H2,1-3H3/b5-4+. The largest absolute Gasteiger partial charge is 0.493 e. The zero-order chi connectivity index (χ0) is 14.5. The Morgan fingerprint density at radius 1 is 1.30 bits per heavy atom. The van der Waals surface area contributed by atoms with Crippen LogP contribution in [-0.4, -0.2) is 19.3 Å². The van der Waals surface area contributed by atoms with Crippen LogP contribution in [0.25, 0.3) is 0 Å². The molecule has 3 nitrogen and oxygen atoms in total. The maximum Gasteiger partial charge on any atom is 0.161 e. The van der Waals surface area contributed by atoms with Crippen LogP contribution in [-0.2, 0) is 6.42 Å². The van der Waals surface area contributed by atoms with Crippen LogP contribution in [0.3, 0.4) is 0 Å². The van der Waals surface area contributed by atoms with Gasteiger partial charge < -0.3 is 15.2 Å². The van der Waals surface area contributed by atoms with Crippen LogP contribution in [0.1, 0.15) is 32.3 Å². The van der Waals surface area contributed by atoms with E-state index in [1.54, 1.807) is 7.11 Å². The third-order valence-corrected chi connectivity index (χ3v) is 3.53. The van der Waals surface area contributed by atoms with Crippen molar-refractivity contribution in [2.24, 2.45) is 11.7 Å². The zero-order valence-corrected chi connectivity index (χ0v) is 12.6. The molecule has 1 aromatic carbocycles. The van der Waals surface area contributed by atoms with Crippen molar-refractivity contribution in [2.45, 2.75) is 45.3 Å². The van der Waals surface area contributed by atoms with Crippen molar-refractivity contribution < 1.29 is 9.47 Å². The van der Waals surface area contributed by atoms with E-state index in [1.165, 1.54) is 5.56 Å². The van der Waals surface area contributed by atoms with Gasteiger partial charge in [-0.2, -0.15) is 0 Å². The molecule has 0 heterocycles. The van der Waals surface area contributed by atoms with Crippen LogP contribution in [0.2, 0.25) is 0 Å². The highest BCUT2D eigenvalue weighted by Crippen LogP contribution is 2.33. The number of methoxy groups -OCH3 is 1. The summed E-state index contributed by atoms with van der Waals surface area (Å²) in [5, 5.41) is 0. The third-order valence-electron chi connectivity index (χ3n) is 3.53. The molecule has 0 atom stereocenters. The van der Waals surface area contributed by atoms with E-state index in [0.29, 0.717) is 12.0 Å². The minimum absolute atomic E-state index is 0.236. The number of rotatable bonds is 6. The van der Waals surface area contributed by atoms with Gasteiger partial charge in [0.1, 0.15) is 6.10 Å². The van der Waals surface area contributed by atoms with E-state index in [0.717, 1.165) is 30.8 Å². The molecule has 110 valence electrons. The molecule has 1 aliphatic carbocycles. The predicted molar refractivity (Wildman–Crippen MR) is 82.3 cm³/mol. The molecular weight excluding hydrogens is 250 g/mol. The summed E-state index contributed by atoms with van der Waals surface area (Å²) in [6, 6.07) is 6.44. The van der Waals surface area contributed by atoms with Crippen molar-refractivity contribution in [3.8, 4) is 11.5 Å². The summed E-state index contributed by atoms with van der Waals surface area (Å²) in [5.41, 5.74) is 7.03. The minimum Gasteiger partial charge on any atom is -0.493 e. The number of allylic oxidation sites excluding steroid dienone is 2. The fraction of sp³-hybridized carbons (Fsp3) is 0.529. The van der Waals surface area contributed by atoms with E-state index in [2.05, 4.69) is 38.1 Å². The Morgan fingerprint density at radius 2 is 2.05 bits per heavy atom. The summed E-state index contributed by atoms with van der Waals surface area (Å²) in [6.45, 7) is 4.36. The van der Waals surface area contributed by atoms with Crippen molar-refractivity contribution in [3.63, 3.8) is 0 Å². The molecule has 0 saturated heterocycles. The fourth-order valence-corrected chi connectivity index (χ4v) is 2.30. The summed E-state index contributed by atoms with van der Waals surface area (Å²) < 4.78 is 11.3. The lowest BCUT2D eigenvalue weighted by molar-refractivity contribution is 0.0972. The van der Waals surface area contributed by atoms with Crippen LogP contribution in [0.5, 0.6) is 11.5 Å². The smallest absolute Gasteiger partial charge is 0.161 e. The third kappa shape index (κ3) is 4.01. The molecule has 1 aliphatic rings. The first kappa shape index (κ1) is 14.9. The van der Waals surface area contributed by atoms with Crippen LogP contribution in [0, 0.1) is 5.92 Å². The van der Waals surface area contributed by atoms with Gasteiger partial charge in [-0.05, 0) is 42.9 Å². The molecule has 0 spiro atoms. The lowest BCUT2D eigenvalue weighted by atomic mass is 9.90. The fourth-order valence-electron chi connectivity index (χ4n) is 2.30. The van der Waals surface area contributed by atoms with E-state index in [4.69, 9.17) is 15.2 Å². The number of hydrogen-bond acceptors (Lipinski definition) is 3. The van der Waals surface area contributed by atoms with Gasteiger partial charge in [0.05, 0.1) is 7.11 Å². The van der Waals surface area contributed by atoms with E-state index < -0.39 is 0 Å². The Hall–Kier alpha value is -1.48. The molecule has 0 bridgehead atoms. The second-order valence-corrected chi connectivity index (χ2v) is 5.83. The average molecular weight is 275 g/mol. The van der Waals surface area contributed by atoms with Gasteiger partial charge in [-0.3, -0.25) is 0 Å². The second kappa shape index (κ2) is 6.80. The number of nitrogens with two attached hydrogens (primary N) is 1. The van der Waals surface area contributed by atoms with Crippen molar-refractivity contribution in [2.75, 3.05) is 7.11 Å². The molecule has 3 heteroatoms. The topological polar surface area (TPSA) is 44.5 Å². The summed E-state index contributed by atoms with van der Waals surface area (Å²) in [5.74, 6) is 2.21. The number of ether oxygens (including phenoxy) is 2. The van der Waals surface area contributed by atoms with E-state index in [1.807, 2.05) is 6.07 Å². The quantitative estimate of drug-likeness (QED) is 0.810. The Balaban J connectivity index is 2.03. The van der Waals surface area contributed by atoms with Gasteiger partial charge in [0.15, 0.2) is 11.5 Å². The van der Waals surface area contributed by atoms with E-state index >= 15 is 0 Å². The average Bonchev–Trinajstić information content (AvgIpc) is 2.37. The zero-order valence-electron chi connectivity index (χ0n) is 12.6. The number of benzene rings is 1. The molecule has 0 aliphatic heterocycles. The lowest BCUT2D eigenvalue weighted by Gasteiger charge is -2.33. The van der Waals surface area contributed by atoms with Crippen molar-refractivity contribution in [3.05, 3.63) is 35.9 Å². The van der Waals surface area contributed by atoms with Crippen molar-refractivity contribution in [1.82, 2.24) is 0 Å². The molecule has 1 fully saturated rings. The highest BCUT2D eigenvalue weighted by atomic mass is 16.5. The maximum atomic E-state index is 5.98. The molecule has 0 amide bonds. The first-order valence-corrected chi connectivity index (χ1v) is 7.34. The Kier molecular flexibility index (Phi) is 5.07. The van der Waals surface area contributed by atoms with Crippen LogP contribution < -0.4 is 15.2 Å². The second-order valence-electron chi connectivity index (χ2n) is 5.83. The molecule has 0 aromatic heterocycles. The SMILES string of the molecule is COc1ccc(C/C=C/C(C)C)cc1OC1CC(N)C1. The molecule has 0 radical (unpaired) electrons. The van der Waals surface area contributed by atoms with Crippen LogP contribution in [0.4, 0.5) is 0 Å². The van der Waals surface area contributed by atoms with Crippen molar-refractivity contribution in [1.29, 1.82) is 0 Å².